The lowest BCUT2D eigenvalue weighted by Crippen LogP contribution is -2.20. The Bertz CT molecular complexity index is 672. The molecule has 0 saturated heterocycles. The average Bonchev–Trinajstić information content (AvgIpc) is 2.92. The third-order valence-electron chi connectivity index (χ3n) is 2.86. The summed E-state index contributed by atoms with van der Waals surface area (Å²) in [7, 11) is -7.38. The lowest BCUT2D eigenvalue weighted by atomic mass is 10.4. The zero-order valence-corrected chi connectivity index (χ0v) is 11.6. The van der Waals surface area contributed by atoms with Gasteiger partial charge in [-0.15, -0.1) is 10.2 Å². The van der Waals surface area contributed by atoms with E-state index in [1.165, 1.54) is 11.5 Å². The van der Waals surface area contributed by atoms with E-state index in [1.54, 1.807) is 0 Å². The van der Waals surface area contributed by atoms with Gasteiger partial charge in [-0.3, -0.25) is 4.57 Å². The predicted octanol–water partition coefficient (Wildman–Crippen LogP) is -0.634. The maximum atomic E-state index is 11.5. The van der Waals surface area contributed by atoms with Crippen molar-refractivity contribution >= 4 is 19.9 Å². The Labute approximate surface area is 105 Å². The van der Waals surface area contributed by atoms with Gasteiger partial charge in [0.25, 0.3) is 15.2 Å². The molecule has 2 rings (SSSR count). The molecule has 8 nitrogen and oxygen atoms in total. The fourth-order valence-corrected chi connectivity index (χ4v) is 2.84. The topological polar surface area (TPSA) is 125 Å². The van der Waals surface area contributed by atoms with Crippen LogP contribution >= 0.6 is 0 Å². The quantitative estimate of drug-likeness (QED) is 0.787. The number of nitrogens with two attached hydrogens (primary N) is 1. The molecule has 1 heterocycles. The molecule has 0 amide bonds. The minimum atomic E-state index is -4.00. The summed E-state index contributed by atoms with van der Waals surface area (Å²) in [5.41, 5.74) is 0. The second-order valence-corrected chi connectivity index (χ2v) is 8.28. The van der Waals surface area contributed by atoms with Crippen molar-refractivity contribution in [1.29, 1.82) is 0 Å². The molecule has 1 aliphatic rings. The van der Waals surface area contributed by atoms with E-state index in [2.05, 4.69) is 10.2 Å². The first-order valence-electron chi connectivity index (χ1n) is 5.29. The van der Waals surface area contributed by atoms with Gasteiger partial charge in [0.2, 0.25) is 0 Å². The molecule has 0 spiro atoms. The van der Waals surface area contributed by atoms with E-state index in [1.807, 2.05) is 0 Å². The zero-order chi connectivity index (χ0) is 13.7. The van der Waals surface area contributed by atoms with Crippen LogP contribution in [-0.4, -0.2) is 37.9 Å². The third-order valence-corrected chi connectivity index (χ3v) is 5.15. The number of primary sulfonamides is 1. The first-order valence-corrected chi connectivity index (χ1v) is 8.79. The third kappa shape index (κ3) is 2.40. The van der Waals surface area contributed by atoms with E-state index in [0.29, 0.717) is 0 Å². The minimum Gasteiger partial charge on any atom is -0.297 e. The summed E-state index contributed by atoms with van der Waals surface area (Å²) in [4.78, 5) is 0. The van der Waals surface area contributed by atoms with E-state index in [9.17, 15) is 16.8 Å². The summed E-state index contributed by atoms with van der Waals surface area (Å²) in [5, 5.41) is 11.0. The fourth-order valence-electron chi connectivity index (χ4n) is 1.63. The largest absolute Gasteiger partial charge is 0.297 e. The molecule has 1 aliphatic carbocycles. The second-order valence-electron chi connectivity index (χ2n) is 4.46. The Morgan fingerprint density at radius 2 is 1.83 bits per heavy atom. The molecular weight excluding hydrogens is 280 g/mol. The Morgan fingerprint density at radius 1 is 1.28 bits per heavy atom. The smallest absolute Gasteiger partial charge is 0.273 e. The van der Waals surface area contributed by atoms with Gasteiger partial charge in [0.15, 0.2) is 15.7 Å². The van der Waals surface area contributed by atoms with Crippen LogP contribution in [0.1, 0.15) is 36.9 Å². The molecule has 1 fully saturated rings. The number of rotatable bonds is 4. The molecule has 1 atom stereocenters. The highest BCUT2D eigenvalue weighted by Crippen LogP contribution is 2.39. The predicted molar refractivity (Wildman–Crippen MR) is 62.9 cm³/mol. The first-order chi connectivity index (χ1) is 8.12. The van der Waals surface area contributed by atoms with Gasteiger partial charge in [-0.05, 0) is 19.8 Å². The summed E-state index contributed by atoms with van der Waals surface area (Å²) < 4.78 is 47.1. The van der Waals surface area contributed by atoms with Crippen molar-refractivity contribution in [2.24, 2.45) is 5.14 Å². The molecule has 0 aliphatic heterocycles. The van der Waals surface area contributed by atoms with Gasteiger partial charge >= 0.3 is 0 Å². The molecular formula is C8H14N4O4S2. The lowest BCUT2D eigenvalue weighted by Gasteiger charge is -2.12. The summed E-state index contributed by atoms with van der Waals surface area (Å²) in [6.45, 7) is 1.45. The normalized spacial score (nSPS) is 18.8. The van der Waals surface area contributed by atoms with Crippen molar-refractivity contribution in [3.05, 3.63) is 5.82 Å². The van der Waals surface area contributed by atoms with Crippen LogP contribution in [0.15, 0.2) is 5.16 Å². The van der Waals surface area contributed by atoms with Crippen LogP contribution in [-0.2, 0) is 19.9 Å². The average molecular weight is 294 g/mol. The first kappa shape index (κ1) is 13.4. The van der Waals surface area contributed by atoms with Gasteiger partial charge in [-0.1, -0.05) is 0 Å². The number of aromatic nitrogens is 3. The van der Waals surface area contributed by atoms with E-state index >= 15 is 0 Å². The van der Waals surface area contributed by atoms with Gasteiger partial charge in [0, 0.05) is 12.3 Å². The van der Waals surface area contributed by atoms with Crippen LogP contribution < -0.4 is 5.14 Å². The van der Waals surface area contributed by atoms with Crippen LogP contribution in [0.25, 0.3) is 0 Å². The summed E-state index contributed by atoms with van der Waals surface area (Å²) in [6, 6.07) is -0.0764. The number of hydrogen-bond acceptors (Lipinski definition) is 6. The van der Waals surface area contributed by atoms with Crippen molar-refractivity contribution < 1.29 is 16.8 Å². The number of hydrogen-bond donors (Lipinski definition) is 1. The lowest BCUT2D eigenvalue weighted by molar-refractivity contribution is 0.551. The molecule has 10 heteroatoms. The highest BCUT2D eigenvalue weighted by molar-refractivity contribution is 7.90. The molecule has 102 valence electrons. The van der Waals surface area contributed by atoms with Crippen LogP contribution in [0, 0.1) is 0 Å². The Hall–Kier alpha value is -1.00. The number of sulfone groups is 1. The van der Waals surface area contributed by atoms with E-state index in [0.717, 1.165) is 19.1 Å². The van der Waals surface area contributed by atoms with Crippen molar-refractivity contribution in [1.82, 2.24) is 14.8 Å². The molecule has 0 aromatic carbocycles. The van der Waals surface area contributed by atoms with Gasteiger partial charge in [0.05, 0.1) is 0 Å². The van der Waals surface area contributed by atoms with Crippen LogP contribution in [0.2, 0.25) is 0 Å². The highest BCUT2D eigenvalue weighted by Gasteiger charge is 2.36. The van der Waals surface area contributed by atoms with Crippen molar-refractivity contribution in [3.8, 4) is 0 Å². The summed E-state index contributed by atoms with van der Waals surface area (Å²) >= 11 is 0. The maximum Gasteiger partial charge on any atom is 0.273 e. The van der Waals surface area contributed by atoms with Crippen LogP contribution in [0.5, 0.6) is 0 Å². The summed E-state index contributed by atoms with van der Waals surface area (Å²) in [6.07, 6.45) is 2.61. The second kappa shape index (κ2) is 4.00. The Morgan fingerprint density at radius 3 is 2.22 bits per heavy atom. The SMILES string of the molecule is CC(c1nnc(S(N)(=O)=O)n1C1CC1)S(C)(=O)=O. The van der Waals surface area contributed by atoms with Gasteiger partial charge in [0.1, 0.15) is 5.25 Å². The molecule has 18 heavy (non-hydrogen) atoms. The molecule has 1 unspecified atom stereocenters. The zero-order valence-electron chi connectivity index (χ0n) is 9.94. The van der Waals surface area contributed by atoms with Crippen molar-refractivity contribution in [2.45, 2.75) is 36.2 Å². The van der Waals surface area contributed by atoms with E-state index < -0.39 is 25.1 Å². The highest BCUT2D eigenvalue weighted by atomic mass is 32.2. The fraction of sp³-hybridized carbons (Fsp3) is 0.750. The Balaban J connectivity index is 2.60. The molecule has 1 saturated carbocycles. The van der Waals surface area contributed by atoms with Gasteiger partial charge < -0.3 is 0 Å². The van der Waals surface area contributed by atoms with Crippen LogP contribution in [0.3, 0.4) is 0 Å². The van der Waals surface area contributed by atoms with Gasteiger partial charge in [-0.2, -0.15) is 0 Å². The molecule has 0 bridgehead atoms. The van der Waals surface area contributed by atoms with Gasteiger partial charge in [-0.25, -0.2) is 22.0 Å². The van der Waals surface area contributed by atoms with E-state index in [4.69, 9.17) is 5.14 Å². The number of nitrogens with zero attached hydrogens (tertiary/aromatic N) is 3. The molecule has 1 aromatic heterocycles. The molecule has 1 aromatic rings. The standard InChI is InChI=1S/C8H14N4O4S2/c1-5(17(2,13)14)7-10-11-8(18(9,15)16)12(7)6-3-4-6/h5-6H,3-4H2,1-2H3,(H2,9,15,16). The minimum absolute atomic E-state index is 0.0764. The van der Waals surface area contributed by atoms with Crippen molar-refractivity contribution in [2.75, 3.05) is 6.26 Å². The molecule has 0 radical (unpaired) electrons. The van der Waals surface area contributed by atoms with E-state index in [-0.39, 0.29) is 17.0 Å². The van der Waals surface area contributed by atoms with Crippen molar-refractivity contribution in [3.63, 3.8) is 0 Å². The summed E-state index contributed by atoms with van der Waals surface area (Å²) in [5.74, 6) is 0.129. The maximum absolute atomic E-state index is 11.5. The van der Waals surface area contributed by atoms with Crippen LogP contribution in [0.4, 0.5) is 0 Å². The monoisotopic (exact) mass is 294 g/mol. The Kier molecular flexibility index (Phi) is 2.98. The molecule has 2 N–H and O–H groups in total. The number of sulfonamides is 1.